The first kappa shape index (κ1) is 22.0. The molecule has 0 unspecified atom stereocenters. The first-order chi connectivity index (χ1) is 14.7. The number of amides is 2. The van der Waals surface area contributed by atoms with Gasteiger partial charge in [-0.2, -0.15) is 5.26 Å². The number of thiazole rings is 1. The van der Waals surface area contributed by atoms with Crippen LogP contribution in [0.4, 0.5) is 10.5 Å². The van der Waals surface area contributed by atoms with Crippen LogP contribution in [-0.4, -0.2) is 19.4 Å². The van der Waals surface area contributed by atoms with E-state index in [9.17, 15) is 18.5 Å². The monoisotopic (exact) mass is 453 g/mol. The lowest BCUT2D eigenvalue weighted by atomic mass is 10.0. The number of aromatic nitrogens is 1. The highest BCUT2D eigenvalue weighted by Gasteiger charge is 2.15. The van der Waals surface area contributed by atoms with Crippen LogP contribution in [0.2, 0.25) is 0 Å². The van der Waals surface area contributed by atoms with Crippen LogP contribution in [0.1, 0.15) is 16.1 Å². The molecule has 31 heavy (non-hydrogen) atoms. The molecule has 0 bridgehead atoms. The smallest absolute Gasteiger partial charge is 0.326 e. The molecule has 0 fully saturated rings. The highest BCUT2D eigenvalue weighted by Crippen LogP contribution is 2.28. The number of hydrogen-bond acceptors (Lipinski definition) is 7. The van der Waals surface area contributed by atoms with Gasteiger partial charge in [0.25, 0.3) is 10.0 Å². The van der Waals surface area contributed by atoms with Crippen LogP contribution < -0.4 is 15.8 Å². The lowest BCUT2D eigenvalue weighted by Gasteiger charge is -2.06. The van der Waals surface area contributed by atoms with E-state index in [4.69, 9.17) is 5.73 Å². The number of nitriles is 1. The van der Waals surface area contributed by atoms with Gasteiger partial charge < -0.3 is 11.1 Å². The maximum absolute atomic E-state index is 11.9. The van der Waals surface area contributed by atoms with Crippen molar-refractivity contribution < 1.29 is 13.2 Å². The normalized spacial score (nSPS) is 11.6. The molecule has 0 aliphatic carbocycles. The van der Waals surface area contributed by atoms with E-state index in [-0.39, 0.29) is 4.90 Å². The van der Waals surface area contributed by atoms with Crippen LogP contribution in [0.5, 0.6) is 0 Å². The maximum atomic E-state index is 11.9. The van der Waals surface area contributed by atoms with Gasteiger partial charge in [0.05, 0.1) is 10.6 Å². The molecule has 0 saturated heterocycles. The zero-order valence-corrected chi connectivity index (χ0v) is 18.3. The van der Waals surface area contributed by atoms with Crippen molar-refractivity contribution in [2.45, 2.75) is 18.7 Å². The molecule has 1 heterocycles. The number of carbonyl (C=O) groups excluding carboxylic acids is 1. The predicted molar refractivity (Wildman–Crippen MR) is 121 cm³/mol. The second-order valence-corrected chi connectivity index (χ2v) is 9.21. The molecule has 2 amide bonds. The van der Waals surface area contributed by atoms with Crippen molar-refractivity contribution in [3.05, 3.63) is 70.2 Å². The topological polar surface area (TPSA) is 138 Å². The van der Waals surface area contributed by atoms with Crippen LogP contribution in [-0.2, 0) is 10.0 Å². The first-order valence-corrected chi connectivity index (χ1v) is 11.4. The Kier molecular flexibility index (Phi) is 6.39. The SMILES string of the molecule is Cc1ccc(-c2csc(C(C#N)=CNc3ccc(S(=O)(=O)NC(N)=O)cc3)n2)c(C)c1. The zero-order valence-electron chi connectivity index (χ0n) is 16.7. The minimum Gasteiger partial charge on any atom is -0.360 e. The Morgan fingerprint density at radius 3 is 2.52 bits per heavy atom. The number of rotatable bonds is 6. The Morgan fingerprint density at radius 1 is 1.19 bits per heavy atom. The second-order valence-electron chi connectivity index (χ2n) is 6.66. The number of primary amides is 1. The van der Waals surface area contributed by atoms with Gasteiger partial charge in [-0.1, -0.05) is 23.8 Å². The summed E-state index contributed by atoms with van der Waals surface area (Å²) in [6.45, 7) is 4.05. The summed E-state index contributed by atoms with van der Waals surface area (Å²) in [5.74, 6) is 0. The third-order valence-corrected chi connectivity index (χ3v) is 6.53. The highest BCUT2D eigenvalue weighted by atomic mass is 32.2. The van der Waals surface area contributed by atoms with Gasteiger partial charge in [0.2, 0.25) is 0 Å². The summed E-state index contributed by atoms with van der Waals surface area (Å²) in [7, 11) is -4.01. The average Bonchev–Trinajstić information content (AvgIpc) is 3.17. The molecular weight excluding hydrogens is 434 g/mol. The molecular formula is C21H19N5O3S2. The predicted octanol–water partition coefficient (Wildman–Crippen LogP) is 3.76. The van der Waals surface area contributed by atoms with Gasteiger partial charge in [0, 0.05) is 22.8 Å². The minimum absolute atomic E-state index is 0.112. The summed E-state index contributed by atoms with van der Waals surface area (Å²) in [6.07, 6.45) is 1.51. The molecule has 4 N–H and O–H groups in total. The van der Waals surface area contributed by atoms with Crippen molar-refractivity contribution in [3.8, 4) is 17.3 Å². The number of nitrogens with zero attached hydrogens (tertiary/aromatic N) is 2. The fraction of sp³-hybridized carbons (Fsp3) is 0.0952. The van der Waals surface area contributed by atoms with E-state index in [0.717, 1.165) is 16.8 Å². The van der Waals surface area contributed by atoms with Crippen molar-refractivity contribution >= 4 is 38.7 Å². The fourth-order valence-electron chi connectivity index (χ4n) is 2.84. The van der Waals surface area contributed by atoms with Crippen molar-refractivity contribution in [2.24, 2.45) is 5.73 Å². The largest absolute Gasteiger partial charge is 0.360 e. The molecule has 158 valence electrons. The number of anilines is 1. The van der Waals surface area contributed by atoms with Crippen molar-refractivity contribution in [1.29, 1.82) is 5.26 Å². The summed E-state index contributed by atoms with van der Waals surface area (Å²) in [6, 6.07) is 12.7. The quantitative estimate of drug-likeness (QED) is 0.486. The van der Waals surface area contributed by atoms with E-state index in [1.807, 2.05) is 31.4 Å². The van der Waals surface area contributed by atoms with Gasteiger partial charge in [-0.15, -0.1) is 11.3 Å². The number of benzene rings is 2. The number of aryl methyl sites for hydroxylation is 2. The van der Waals surface area contributed by atoms with E-state index in [2.05, 4.69) is 22.4 Å². The summed E-state index contributed by atoms with van der Waals surface area (Å²) < 4.78 is 25.5. The number of nitrogens with two attached hydrogens (primary N) is 1. The molecule has 0 aliphatic heterocycles. The third-order valence-electron chi connectivity index (χ3n) is 4.30. The van der Waals surface area contributed by atoms with Crippen LogP contribution in [0, 0.1) is 25.2 Å². The average molecular weight is 454 g/mol. The molecule has 3 aromatic rings. The Hall–Kier alpha value is -3.68. The molecule has 3 rings (SSSR count). The van der Waals surface area contributed by atoms with E-state index in [1.54, 1.807) is 4.72 Å². The molecule has 1 aromatic heterocycles. The van der Waals surface area contributed by atoms with Gasteiger partial charge in [-0.05, 0) is 43.7 Å². The van der Waals surface area contributed by atoms with E-state index in [1.165, 1.54) is 47.4 Å². The maximum Gasteiger partial charge on any atom is 0.326 e. The van der Waals surface area contributed by atoms with Crippen molar-refractivity contribution in [2.75, 3.05) is 5.32 Å². The lowest BCUT2D eigenvalue weighted by Crippen LogP contribution is -2.34. The Morgan fingerprint density at radius 2 is 1.90 bits per heavy atom. The van der Waals surface area contributed by atoms with Gasteiger partial charge in [-0.25, -0.2) is 22.9 Å². The summed E-state index contributed by atoms with van der Waals surface area (Å²) in [4.78, 5) is 15.3. The van der Waals surface area contributed by atoms with Crippen molar-refractivity contribution in [3.63, 3.8) is 0 Å². The van der Waals surface area contributed by atoms with Crippen LogP contribution >= 0.6 is 11.3 Å². The number of hydrogen-bond donors (Lipinski definition) is 3. The molecule has 0 saturated carbocycles. The standard InChI is InChI=1S/C21H19N5O3S2/c1-13-3-8-18(14(2)9-13)19-12-30-20(25-19)15(10-22)11-24-16-4-6-17(7-5-16)31(28,29)26-21(23)27/h3-9,11-12,24H,1-2H3,(H3,23,26,27). The van der Waals surface area contributed by atoms with Crippen LogP contribution in [0.25, 0.3) is 16.8 Å². The number of nitrogens with one attached hydrogen (secondary N) is 2. The van der Waals surface area contributed by atoms with Gasteiger partial charge >= 0.3 is 6.03 Å². The lowest BCUT2D eigenvalue weighted by molar-refractivity contribution is 0.253. The number of urea groups is 1. The molecule has 0 radical (unpaired) electrons. The van der Waals surface area contributed by atoms with Gasteiger partial charge in [0.15, 0.2) is 0 Å². The Labute approximate surface area is 184 Å². The van der Waals surface area contributed by atoms with Crippen LogP contribution in [0.15, 0.2) is 58.9 Å². The van der Waals surface area contributed by atoms with E-state index < -0.39 is 16.1 Å². The zero-order chi connectivity index (χ0) is 22.6. The van der Waals surface area contributed by atoms with Gasteiger partial charge in [0.1, 0.15) is 16.6 Å². The highest BCUT2D eigenvalue weighted by molar-refractivity contribution is 7.90. The van der Waals surface area contributed by atoms with Crippen LogP contribution in [0.3, 0.4) is 0 Å². The van der Waals surface area contributed by atoms with E-state index >= 15 is 0 Å². The molecule has 2 aromatic carbocycles. The number of allylic oxidation sites excluding steroid dienone is 1. The Bertz CT molecular complexity index is 1300. The fourth-order valence-corrected chi connectivity index (χ4v) is 4.50. The third kappa shape index (κ3) is 5.28. The summed E-state index contributed by atoms with van der Waals surface area (Å²) >= 11 is 1.36. The molecule has 0 spiro atoms. The van der Waals surface area contributed by atoms with Gasteiger partial charge in [-0.3, -0.25) is 0 Å². The first-order valence-electron chi connectivity index (χ1n) is 9.02. The summed E-state index contributed by atoms with van der Waals surface area (Å²) in [5.41, 5.74) is 9.85. The Balaban J connectivity index is 1.78. The molecule has 8 nitrogen and oxygen atoms in total. The number of carbonyl (C=O) groups is 1. The molecule has 0 atom stereocenters. The molecule has 10 heteroatoms. The van der Waals surface area contributed by atoms with Crippen molar-refractivity contribution in [1.82, 2.24) is 9.71 Å². The minimum atomic E-state index is -4.01. The number of sulfonamides is 1. The molecule has 0 aliphatic rings. The summed E-state index contributed by atoms with van der Waals surface area (Å²) in [5, 5.41) is 15.0. The second kappa shape index (κ2) is 8.99. The van der Waals surface area contributed by atoms with E-state index in [0.29, 0.717) is 16.3 Å².